The van der Waals surface area contributed by atoms with E-state index in [4.69, 9.17) is 4.98 Å². The molecule has 0 radical (unpaired) electrons. The van der Waals surface area contributed by atoms with Crippen molar-refractivity contribution < 1.29 is 4.79 Å². The molecule has 0 fully saturated rings. The van der Waals surface area contributed by atoms with Crippen molar-refractivity contribution in [2.24, 2.45) is 0 Å². The number of hydrogen-bond donors (Lipinski definition) is 1. The SMILES string of the molecule is CCCN(C(=O)Nc1ccccc1Br)C(CC)c1nc2ccccc2c(=O)n1-c1cccc(C)c1. The van der Waals surface area contributed by atoms with Gasteiger partial charge in [0.05, 0.1) is 28.3 Å². The van der Waals surface area contributed by atoms with Gasteiger partial charge >= 0.3 is 6.03 Å². The van der Waals surface area contributed by atoms with E-state index in [-0.39, 0.29) is 11.6 Å². The van der Waals surface area contributed by atoms with Gasteiger partial charge in [0.15, 0.2) is 0 Å². The van der Waals surface area contributed by atoms with Crippen LogP contribution in [-0.2, 0) is 0 Å². The molecule has 4 rings (SSSR count). The summed E-state index contributed by atoms with van der Waals surface area (Å²) in [4.78, 5) is 34.1. The van der Waals surface area contributed by atoms with Crippen molar-refractivity contribution in [3.05, 3.63) is 99.0 Å². The van der Waals surface area contributed by atoms with Gasteiger partial charge in [0, 0.05) is 11.0 Å². The van der Waals surface area contributed by atoms with Crippen LogP contribution in [0.1, 0.15) is 44.1 Å². The maximum absolute atomic E-state index is 13.8. The first-order chi connectivity index (χ1) is 16.9. The number of hydrogen-bond acceptors (Lipinski definition) is 3. The fraction of sp³-hybridized carbons (Fsp3) is 0.250. The number of benzene rings is 3. The largest absolute Gasteiger partial charge is 0.322 e. The van der Waals surface area contributed by atoms with Crippen LogP contribution in [0.15, 0.2) is 82.1 Å². The molecule has 0 bridgehead atoms. The monoisotopic (exact) mass is 532 g/mol. The lowest BCUT2D eigenvalue weighted by Gasteiger charge is -2.32. The van der Waals surface area contributed by atoms with E-state index in [1.807, 2.05) is 87.5 Å². The smallest absolute Gasteiger partial charge is 0.314 e. The average Bonchev–Trinajstić information content (AvgIpc) is 2.85. The zero-order valence-corrected chi connectivity index (χ0v) is 21.7. The molecule has 1 N–H and O–H groups in total. The van der Waals surface area contributed by atoms with E-state index in [1.165, 1.54) is 0 Å². The molecule has 180 valence electrons. The predicted octanol–water partition coefficient (Wildman–Crippen LogP) is 6.85. The van der Waals surface area contributed by atoms with Gasteiger partial charge in [0.2, 0.25) is 0 Å². The van der Waals surface area contributed by atoms with Crippen molar-refractivity contribution in [2.45, 2.75) is 39.7 Å². The number of fused-ring (bicyclic) bond motifs is 1. The first-order valence-electron chi connectivity index (χ1n) is 11.9. The second kappa shape index (κ2) is 10.9. The Morgan fingerprint density at radius 2 is 1.80 bits per heavy atom. The van der Waals surface area contributed by atoms with E-state index < -0.39 is 6.04 Å². The molecular formula is C28H29BrN4O2. The Bertz CT molecular complexity index is 1420. The molecule has 6 nitrogen and oxygen atoms in total. The maximum Gasteiger partial charge on any atom is 0.322 e. The molecule has 0 aliphatic carbocycles. The Labute approximate surface area is 213 Å². The highest BCUT2D eigenvalue weighted by molar-refractivity contribution is 9.10. The Hall–Kier alpha value is -3.45. The number of nitrogens with zero attached hydrogens (tertiary/aromatic N) is 3. The van der Waals surface area contributed by atoms with Crippen molar-refractivity contribution in [3.8, 4) is 5.69 Å². The standard InChI is InChI=1S/C28H29BrN4O2/c1-4-17-32(28(35)31-24-16-9-7-14-22(24)29)25(5-2)26-30-23-15-8-6-13-21(23)27(34)33(26)20-12-10-11-19(3)18-20/h6-16,18,25H,4-5,17H2,1-3H3,(H,31,35). The van der Waals surface area contributed by atoms with E-state index in [2.05, 4.69) is 21.2 Å². The van der Waals surface area contributed by atoms with Gasteiger partial charge in [-0.05, 0) is 77.7 Å². The third-order valence-electron chi connectivity index (χ3n) is 5.96. The number of rotatable bonds is 7. The van der Waals surface area contributed by atoms with Crippen LogP contribution < -0.4 is 10.9 Å². The van der Waals surface area contributed by atoms with Gasteiger partial charge in [-0.15, -0.1) is 0 Å². The van der Waals surface area contributed by atoms with Crippen molar-refractivity contribution >= 4 is 38.6 Å². The minimum Gasteiger partial charge on any atom is -0.314 e. The van der Waals surface area contributed by atoms with E-state index in [9.17, 15) is 9.59 Å². The first kappa shape index (κ1) is 24.7. The molecule has 0 saturated heterocycles. The summed E-state index contributed by atoms with van der Waals surface area (Å²) in [6, 6.07) is 22.0. The molecule has 0 aliphatic heterocycles. The number of aryl methyl sites for hydroxylation is 1. The Kier molecular flexibility index (Phi) is 7.66. The van der Waals surface area contributed by atoms with Crippen LogP contribution in [-0.4, -0.2) is 27.0 Å². The third-order valence-corrected chi connectivity index (χ3v) is 6.65. The summed E-state index contributed by atoms with van der Waals surface area (Å²) in [6.45, 7) is 6.56. The van der Waals surface area contributed by atoms with Gasteiger partial charge in [-0.1, -0.05) is 50.2 Å². The van der Waals surface area contributed by atoms with Crippen LogP contribution in [0.4, 0.5) is 10.5 Å². The van der Waals surface area contributed by atoms with Crippen molar-refractivity contribution in [1.82, 2.24) is 14.5 Å². The number of amides is 2. The fourth-order valence-corrected chi connectivity index (χ4v) is 4.71. The zero-order chi connectivity index (χ0) is 24.9. The molecule has 1 unspecified atom stereocenters. The van der Waals surface area contributed by atoms with Crippen molar-refractivity contribution in [2.75, 3.05) is 11.9 Å². The Balaban J connectivity index is 1.88. The van der Waals surface area contributed by atoms with Gasteiger partial charge in [-0.2, -0.15) is 0 Å². The lowest BCUT2D eigenvalue weighted by Crippen LogP contribution is -2.41. The predicted molar refractivity (Wildman–Crippen MR) is 145 cm³/mol. The van der Waals surface area contributed by atoms with E-state index >= 15 is 0 Å². The van der Waals surface area contributed by atoms with E-state index in [0.717, 1.165) is 22.1 Å². The number of halogens is 1. The number of nitrogens with one attached hydrogen (secondary N) is 1. The normalized spacial score (nSPS) is 11.9. The third kappa shape index (κ3) is 5.15. The van der Waals surface area contributed by atoms with Crippen LogP contribution in [0.3, 0.4) is 0 Å². The highest BCUT2D eigenvalue weighted by Crippen LogP contribution is 2.28. The Morgan fingerprint density at radius 3 is 2.51 bits per heavy atom. The second-order valence-corrected chi connectivity index (χ2v) is 9.35. The minimum absolute atomic E-state index is 0.141. The van der Waals surface area contributed by atoms with Gasteiger partial charge in [0.1, 0.15) is 5.82 Å². The Morgan fingerprint density at radius 1 is 1.06 bits per heavy atom. The summed E-state index contributed by atoms with van der Waals surface area (Å²) in [5.41, 5.74) is 2.95. The molecule has 4 aromatic rings. The van der Waals surface area contributed by atoms with Crippen LogP contribution in [0.25, 0.3) is 16.6 Å². The zero-order valence-electron chi connectivity index (χ0n) is 20.2. The van der Waals surface area contributed by atoms with Crippen LogP contribution in [0, 0.1) is 6.92 Å². The van der Waals surface area contributed by atoms with Gasteiger partial charge in [-0.3, -0.25) is 9.36 Å². The summed E-state index contributed by atoms with van der Waals surface area (Å²) < 4.78 is 2.47. The van der Waals surface area contributed by atoms with Gasteiger partial charge in [0.25, 0.3) is 5.56 Å². The molecule has 35 heavy (non-hydrogen) atoms. The summed E-state index contributed by atoms with van der Waals surface area (Å²) in [6.07, 6.45) is 1.36. The molecule has 1 atom stereocenters. The molecular weight excluding hydrogens is 504 g/mol. The average molecular weight is 533 g/mol. The van der Waals surface area contributed by atoms with Gasteiger partial charge in [-0.25, -0.2) is 9.78 Å². The van der Waals surface area contributed by atoms with E-state index in [1.54, 1.807) is 15.5 Å². The summed E-state index contributed by atoms with van der Waals surface area (Å²) in [5.74, 6) is 0.553. The fourth-order valence-electron chi connectivity index (χ4n) is 4.32. The quantitative estimate of drug-likeness (QED) is 0.283. The molecule has 7 heteroatoms. The summed E-state index contributed by atoms with van der Waals surface area (Å²) in [5, 5.41) is 3.57. The number of carbonyl (C=O) groups excluding carboxylic acids is 1. The molecule has 3 aromatic carbocycles. The number of carbonyl (C=O) groups is 1. The topological polar surface area (TPSA) is 67.2 Å². The van der Waals surface area contributed by atoms with E-state index in [0.29, 0.717) is 35.4 Å². The molecule has 0 aliphatic rings. The van der Waals surface area contributed by atoms with Gasteiger partial charge < -0.3 is 10.2 Å². The number of anilines is 1. The van der Waals surface area contributed by atoms with Crippen LogP contribution >= 0.6 is 15.9 Å². The molecule has 2 amide bonds. The molecule has 0 spiro atoms. The highest BCUT2D eigenvalue weighted by Gasteiger charge is 2.29. The summed E-state index contributed by atoms with van der Waals surface area (Å²) in [7, 11) is 0. The maximum atomic E-state index is 13.8. The number of urea groups is 1. The van der Waals surface area contributed by atoms with Crippen molar-refractivity contribution in [3.63, 3.8) is 0 Å². The summed E-state index contributed by atoms with van der Waals surface area (Å²) >= 11 is 3.51. The number of aromatic nitrogens is 2. The highest BCUT2D eigenvalue weighted by atomic mass is 79.9. The molecule has 1 aromatic heterocycles. The molecule has 1 heterocycles. The first-order valence-corrected chi connectivity index (χ1v) is 12.6. The minimum atomic E-state index is -0.407. The second-order valence-electron chi connectivity index (χ2n) is 8.49. The lowest BCUT2D eigenvalue weighted by atomic mass is 10.1. The number of para-hydroxylation sites is 2. The lowest BCUT2D eigenvalue weighted by molar-refractivity contribution is 0.181. The van der Waals surface area contributed by atoms with Crippen LogP contribution in [0.2, 0.25) is 0 Å². The van der Waals surface area contributed by atoms with Crippen LogP contribution in [0.5, 0.6) is 0 Å². The molecule has 0 saturated carbocycles. The van der Waals surface area contributed by atoms with Crippen molar-refractivity contribution in [1.29, 1.82) is 0 Å².